The number of hydrogen-bond acceptors (Lipinski definition) is 4. The molecule has 8 heteroatoms. The van der Waals surface area contributed by atoms with Gasteiger partial charge in [0.1, 0.15) is 5.82 Å². The van der Waals surface area contributed by atoms with Gasteiger partial charge < -0.3 is 23.8 Å². The van der Waals surface area contributed by atoms with Crippen LogP contribution in [0.4, 0.5) is 11.4 Å². The van der Waals surface area contributed by atoms with Crippen molar-refractivity contribution in [3.05, 3.63) is 291 Å². The van der Waals surface area contributed by atoms with E-state index in [9.17, 15) is 0 Å². The van der Waals surface area contributed by atoms with Crippen LogP contribution in [0.15, 0.2) is 261 Å². The van der Waals surface area contributed by atoms with Crippen LogP contribution in [-0.4, -0.2) is 27.2 Å². The molecule has 5 heterocycles. The van der Waals surface area contributed by atoms with Crippen LogP contribution in [0.1, 0.15) is 52.7 Å². The summed E-state index contributed by atoms with van der Waals surface area (Å²) in [6.07, 6.45) is 5.52. The molecule has 1 aliphatic heterocycles. The minimum Gasteiger partial charge on any atom is -0.508 e. The number of anilines is 2. The summed E-state index contributed by atoms with van der Waals surface area (Å²) in [6.45, 7) is 16.0. The van der Waals surface area contributed by atoms with Crippen LogP contribution in [0, 0.1) is 18.8 Å². The van der Waals surface area contributed by atoms with Gasteiger partial charge in [-0.3, -0.25) is 0 Å². The van der Waals surface area contributed by atoms with Crippen LogP contribution in [-0.2, 0) is 31.9 Å². The first-order valence-corrected chi connectivity index (χ1v) is 31.6. The van der Waals surface area contributed by atoms with Crippen LogP contribution >= 0.6 is 0 Å². The van der Waals surface area contributed by atoms with Crippen molar-refractivity contribution in [2.75, 3.05) is 4.90 Å². The molecule has 6 nitrogen and oxygen atoms in total. The van der Waals surface area contributed by atoms with Crippen molar-refractivity contribution < 1.29 is 25.8 Å². The molecule has 0 saturated heterocycles. The summed E-state index contributed by atoms with van der Waals surface area (Å²) in [4.78, 5) is 12.0. The molecule has 0 saturated carbocycles. The molecule has 0 aliphatic carbocycles. The third kappa shape index (κ3) is 9.40. The molecule has 1 aliphatic rings. The van der Waals surface area contributed by atoms with Crippen molar-refractivity contribution in [2.24, 2.45) is 0 Å². The van der Waals surface area contributed by atoms with E-state index in [1.807, 2.05) is 18.5 Å². The summed E-state index contributed by atoms with van der Waals surface area (Å²) in [6, 6.07) is 96.9. The molecule has 10 aromatic carbocycles. The number of rotatable bonds is 9. The third-order valence-electron chi connectivity index (χ3n) is 17.4. The molecule has 15 rings (SSSR count). The first-order valence-electron chi connectivity index (χ1n) is 29.6. The molecule has 0 atom stereocenters. The molecular weight excluding hydrogens is 1260 g/mol. The van der Waals surface area contributed by atoms with Gasteiger partial charge in [-0.25, -0.2) is 4.98 Å². The van der Waals surface area contributed by atoms with E-state index in [0.717, 1.165) is 82.7 Å². The predicted molar refractivity (Wildman–Crippen MR) is 361 cm³/mol. The molecule has 0 unspecified atom stereocenters. The van der Waals surface area contributed by atoms with E-state index in [1.54, 1.807) is 6.20 Å². The second-order valence-corrected chi connectivity index (χ2v) is 28.5. The van der Waals surface area contributed by atoms with Gasteiger partial charge in [-0.05, 0) is 140 Å². The van der Waals surface area contributed by atoms with Crippen molar-refractivity contribution in [1.82, 2.24) is 19.1 Å². The SMILES string of the molecule is CC(C)(C)c1cc(-c2cccc3c4ccccc4c4ccccc4c4cccc5c4n(c23)[CH-]N5c2[c-]c(Oc3[c-]c4c(cc3)c3ccccc3n4-c3cc(C(C)(C)C)ccn3)cnc2)cc([Si](c2ccccc2)(c2ccccc2)c2ccccc2)c1.[Pt]. The first kappa shape index (κ1) is 55.4. The number of benzene rings is 10. The minimum atomic E-state index is -3.01. The van der Waals surface area contributed by atoms with Gasteiger partial charge in [-0.2, -0.15) is 6.07 Å². The van der Waals surface area contributed by atoms with E-state index in [1.165, 1.54) is 42.6 Å². The maximum atomic E-state index is 6.82. The Morgan fingerprint density at radius 3 is 1.62 bits per heavy atom. The topological polar surface area (TPSA) is 48.1 Å². The third-order valence-corrected chi connectivity index (χ3v) is 22.2. The number of para-hydroxylation sites is 3. The number of hydrogen-bond donors (Lipinski definition) is 0. The Bertz CT molecular complexity index is 4950. The zero-order valence-electron chi connectivity index (χ0n) is 49.4. The first-order chi connectivity index (χ1) is 41.9. The van der Waals surface area contributed by atoms with E-state index in [-0.39, 0.29) is 31.9 Å². The zero-order chi connectivity index (χ0) is 58.3. The van der Waals surface area contributed by atoms with Gasteiger partial charge in [0, 0.05) is 50.0 Å². The maximum absolute atomic E-state index is 6.82. The van der Waals surface area contributed by atoms with E-state index < -0.39 is 8.07 Å². The molecule has 426 valence electrons. The summed E-state index contributed by atoms with van der Waals surface area (Å²) in [5, 5.41) is 14.4. The zero-order valence-corrected chi connectivity index (χ0v) is 52.6. The van der Waals surface area contributed by atoms with Gasteiger partial charge in [-0.1, -0.05) is 265 Å². The summed E-state index contributed by atoms with van der Waals surface area (Å²) < 4.78 is 11.5. The van der Waals surface area contributed by atoms with Gasteiger partial charge >= 0.3 is 0 Å². The number of nitrogens with zero attached hydrogens (tertiary/aromatic N) is 5. The van der Waals surface area contributed by atoms with Crippen LogP contribution in [0.3, 0.4) is 0 Å². The Kier molecular flexibility index (Phi) is 13.8. The molecule has 0 bridgehead atoms. The molecule has 0 radical (unpaired) electrons. The number of ether oxygens (including phenoxy) is 1. The number of fused-ring (bicyclic) bond motifs is 10. The Morgan fingerprint density at radius 1 is 0.448 bits per heavy atom. The Labute approximate surface area is 523 Å². The number of aromatic nitrogens is 4. The second-order valence-electron chi connectivity index (χ2n) is 24.7. The molecule has 87 heavy (non-hydrogen) atoms. The van der Waals surface area contributed by atoms with Crippen molar-refractivity contribution in [2.45, 2.75) is 52.4 Å². The van der Waals surface area contributed by atoms with E-state index in [2.05, 4.69) is 311 Å². The fourth-order valence-corrected chi connectivity index (χ4v) is 18.1. The van der Waals surface area contributed by atoms with Gasteiger partial charge in [0.05, 0.1) is 0 Å². The van der Waals surface area contributed by atoms with Crippen LogP contribution in [0.2, 0.25) is 0 Å². The van der Waals surface area contributed by atoms with Crippen LogP contribution < -0.4 is 30.4 Å². The molecule has 0 N–H and O–H groups in total. The summed E-state index contributed by atoms with van der Waals surface area (Å²) in [5.74, 6) is 1.85. The monoisotopic (exact) mass is 1320 g/mol. The predicted octanol–water partition coefficient (Wildman–Crippen LogP) is 17.3. The minimum absolute atomic E-state index is 0. The largest absolute Gasteiger partial charge is 0.508 e. The van der Waals surface area contributed by atoms with Crippen molar-refractivity contribution >= 4 is 105 Å². The second kappa shape index (κ2) is 21.8. The fourth-order valence-electron chi connectivity index (χ4n) is 13.3. The summed E-state index contributed by atoms with van der Waals surface area (Å²) >= 11 is 0. The molecule has 0 fully saturated rings. The normalized spacial score (nSPS) is 12.5. The smallest absolute Gasteiger partial charge is 0.179 e. The Balaban J connectivity index is 0.00000667. The Morgan fingerprint density at radius 2 is 1.00 bits per heavy atom. The van der Waals surface area contributed by atoms with Gasteiger partial charge in [-0.15, -0.1) is 23.6 Å². The van der Waals surface area contributed by atoms with Crippen LogP contribution in [0.25, 0.3) is 82.1 Å². The van der Waals surface area contributed by atoms with Crippen molar-refractivity contribution in [3.63, 3.8) is 0 Å². The summed E-state index contributed by atoms with van der Waals surface area (Å²) in [5.41, 5.74) is 10.3. The maximum Gasteiger partial charge on any atom is 0.179 e. The quantitative estimate of drug-likeness (QED) is 0.0821. The summed E-state index contributed by atoms with van der Waals surface area (Å²) in [7, 11) is -3.01. The fraction of sp³-hybridized carbons (Fsp3) is 0.101. The molecule has 0 amide bonds. The molecular formula is C79H62N5OPtSi-3. The molecule has 4 aromatic heterocycles. The molecule has 14 aromatic rings. The van der Waals surface area contributed by atoms with Crippen molar-refractivity contribution in [1.29, 1.82) is 0 Å². The van der Waals surface area contributed by atoms with E-state index in [0.29, 0.717) is 11.5 Å². The van der Waals surface area contributed by atoms with Crippen molar-refractivity contribution in [3.8, 4) is 28.4 Å². The van der Waals surface area contributed by atoms with Gasteiger partial charge in [0.15, 0.2) is 8.07 Å². The standard InChI is InChI=1S/C79H62N5OSi.Pt/c1-78(2,3)54-42-43-81-75(47-54)84-72-38-21-20-34-68(72)69-41-40-57(49-74(69)84)85-58-48-56(50-80-51-58)82-52-83-76-63(35-22-36-70(76)66-32-18-16-30-64(66)65-31-17-19-33-67(65)71-37-23-39-73(82)77(71)83)53-44-55(79(4,5)6)46-62(45-53)86(59-24-10-7-11-25-59,60-26-12-8-13-27-60)61-28-14-9-15-29-61;/h7-47,50-52H,1-6H3;/q-3;. The van der Waals surface area contributed by atoms with Gasteiger partial charge in [0.25, 0.3) is 0 Å². The van der Waals surface area contributed by atoms with Gasteiger partial charge in [0.2, 0.25) is 0 Å². The number of pyridine rings is 2. The van der Waals surface area contributed by atoms with E-state index >= 15 is 0 Å². The average molecular weight is 1320 g/mol. The average Bonchev–Trinajstić information content (AvgIpc) is 1.94. The molecule has 0 spiro atoms. The Hall–Kier alpha value is -9.52. The van der Waals surface area contributed by atoms with Crippen LogP contribution in [0.5, 0.6) is 11.5 Å². The van der Waals surface area contributed by atoms with E-state index in [4.69, 9.17) is 14.7 Å².